The van der Waals surface area contributed by atoms with Crippen LogP contribution in [0.1, 0.15) is 25.3 Å². The Morgan fingerprint density at radius 1 is 1.64 bits per heavy atom. The highest BCUT2D eigenvalue weighted by Gasteiger charge is 2.22. The van der Waals surface area contributed by atoms with E-state index in [1.807, 2.05) is 0 Å². The highest BCUT2D eigenvalue weighted by Crippen LogP contribution is 2.25. The average molecular weight is 193 g/mol. The SMILES string of the molecule is C#CCCC(C)(O)c1cncc(F)c1. The Balaban J connectivity index is 2.87. The molecule has 74 valence electrons. The second-order valence-electron chi connectivity index (χ2n) is 3.37. The van der Waals surface area contributed by atoms with Crippen molar-refractivity contribution in [2.75, 3.05) is 0 Å². The number of aliphatic hydroxyl groups is 1. The monoisotopic (exact) mass is 193 g/mol. The average Bonchev–Trinajstić information content (AvgIpc) is 2.15. The normalized spacial score (nSPS) is 14.4. The molecule has 3 heteroatoms. The Bertz CT molecular complexity index is 355. The molecule has 0 radical (unpaired) electrons. The van der Waals surface area contributed by atoms with Gasteiger partial charge in [0.25, 0.3) is 0 Å². The summed E-state index contributed by atoms with van der Waals surface area (Å²) in [5.41, 5.74) is -0.658. The van der Waals surface area contributed by atoms with Crippen LogP contribution in [-0.2, 0) is 5.60 Å². The third-order valence-corrected chi connectivity index (χ3v) is 2.08. The van der Waals surface area contributed by atoms with Crippen molar-refractivity contribution in [3.8, 4) is 12.3 Å². The minimum atomic E-state index is -1.11. The largest absolute Gasteiger partial charge is 0.385 e. The van der Waals surface area contributed by atoms with Crippen LogP contribution >= 0.6 is 0 Å². The van der Waals surface area contributed by atoms with Crippen LogP contribution < -0.4 is 0 Å². The molecule has 0 aliphatic carbocycles. The van der Waals surface area contributed by atoms with Gasteiger partial charge in [0.05, 0.1) is 11.8 Å². The number of aromatic nitrogens is 1. The first-order valence-electron chi connectivity index (χ1n) is 4.33. The summed E-state index contributed by atoms with van der Waals surface area (Å²) >= 11 is 0. The second-order valence-corrected chi connectivity index (χ2v) is 3.37. The number of hydrogen-bond donors (Lipinski definition) is 1. The summed E-state index contributed by atoms with van der Waals surface area (Å²) in [6.07, 6.45) is 8.48. The van der Waals surface area contributed by atoms with Crippen LogP contribution in [0, 0.1) is 18.2 Å². The molecule has 1 aromatic rings. The number of hydrogen-bond acceptors (Lipinski definition) is 2. The maximum atomic E-state index is 12.8. The number of rotatable bonds is 3. The van der Waals surface area contributed by atoms with Gasteiger partial charge in [0, 0.05) is 18.2 Å². The third kappa shape index (κ3) is 2.54. The molecule has 0 amide bonds. The lowest BCUT2D eigenvalue weighted by atomic mass is 9.92. The van der Waals surface area contributed by atoms with E-state index >= 15 is 0 Å². The van der Waals surface area contributed by atoms with Gasteiger partial charge in [0.15, 0.2) is 0 Å². The minimum absolute atomic E-state index is 0.397. The molecule has 0 bridgehead atoms. The first kappa shape index (κ1) is 10.7. The molecule has 1 heterocycles. The Labute approximate surface area is 82.8 Å². The molecule has 0 saturated carbocycles. The molecule has 1 atom stereocenters. The van der Waals surface area contributed by atoms with Crippen LogP contribution in [0.4, 0.5) is 4.39 Å². The summed E-state index contributed by atoms with van der Waals surface area (Å²) in [7, 11) is 0. The molecule has 1 aromatic heterocycles. The molecule has 1 rings (SSSR count). The number of pyridine rings is 1. The Morgan fingerprint density at radius 3 is 2.93 bits per heavy atom. The van der Waals surface area contributed by atoms with Crippen molar-refractivity contribution in [2.24, 2.45) is 0 Å². The van der Waals surface area contributed by atoms with Gasteiger partial charge in [0.2, 0.25) is 0 Å². The molecule has 0 spiro atoms. The molecule has 1 N–H and O–H groups in total. The van der Waals surface area contributed by atoms with Gasteiger partial charge in [-0.3, -0.25) is 4.98 Å². The van der Waals surface area contributed by atoms with E-state index in [4.69, 9.17) is 6.42 Å². The molecule has 0 fully saturated rings. The van der Waals surface area contributed by atoms with Crippen molar-refractivity contribution in [1.82, 2.24) is 4.98 Å². The standard InChI is InChI=1S/C11H12FNO/c1-3-4-5-11(2,14)9-6-10(12)8-13-7-9/h1,6-8,14H,4-5H2,2H3. The Morgan fingerprint density at radius 2 is 2.36 bits per heavy atom. The predicted octanol–water partition coefficient (Wildman–Crippen LogP) is 1.84. The quantitative estimate of drug-likeness (QED) is 0.743. The van der Waals surface area contributed by atoms with Crippen LogP contribution in [0.25, 0.3) is 0 Å². The smallest absolute Gasteiger partial charge is 0.141 e. The van der Waals surface area contributed by atoms with Gasteiger partial charge in [-0.05, 0) is 19.4 Å². The maximum absolute atomic E-state index is 12.8. The molecular weight excluding hydrogens is 181 g/mol. The topological polar surface area (TPSA) is 33.1 Å². The lowest BCUT2D eigenvalue weighted by molar-refractivity contribution is 0.0487. The Hall–Kier alpha value is -1.40. The van der Waals surface area contributed by atoms with E-state index in [9.17, 15) is 9.50 Å². The molecule has 0 aromatic carbocycles. The van der Waals surface area contributed by atoms with Gasteiger partial charge < -0.3 is 5.11 Å². The number of nitrogens with zero attached hydrogens (tertiary/aromatic N) is 1. The second kappa shape index (κ2) is 4.21. The van der Waals surface area contributed by atoms with E-state index in [1.54, 1.807) is 6.92 Å². The van der Waals surface area contributed by atoms with E-state index in [2.05, 4.69) is 10.9 Å². The van der Waals surface area contributed by atoms with E-state index in [1.165, 1.54) is 12.3 Å². The summed E-state index contributed by atoms with van der Waals surface area (Å²) < 4.78 is 12.8. The van der Waals surface area contributed by atoms with Gasteiger partial charge >= 0.3 is 0 Å². The van der Waals surface area contributed by atoms with E-state index in [0.717, 1.165) is 6.20 Å². The van der Waals surface area contributed by atoms with E-state index < -0.39 is 11.4 Å². The third-order valence-electron chi connectivity index (χ3n) is 2.08. The zero-order valence-corrected chi connectivity index (χ0v) is 8.00. The summed E-state index contributed by atoms with van der Waals surface area (Å²) in [6, 6.07) is 1.27. The van der Waals surface area contributed by atoms with Crippen LogP contribution in [-0.4, -0.2) is 10.1 Å². The molecular formula is C11H12FNO. The van der Waals surface area contributed by atoms with Crippen LogP contribution in [0.5, 0.6) is 0 Å². The summed E-state index contributed by atoms with van der Waals surface area (Å²) in [6.45, 7) is 1.60. The van der Waals surface area contributed by atoms with Gasteiger partial charge in [-0.1, -0.05) is 0 Å². The molecule has 14 heavy (non-hydrogen) atoms. The van der Waals surface area contributed by atoms with Crippen LogP contribution in [0.3, 0.4) is 0 Å². The highest BCUT2D eigenvalue weighted by atomic mass is 19.1. The summed E-state index contributed by atoms with van der Waals surface area (Å²) in [4.78, 5) is 3.67. The fraction of sp³-hybridized carbons (Fsp3) is 0.364. The zero-order valence-electron chi connectivity index (χ0n) is 8.00. The first-order valence-corrected chi connectivity index (χ1v) is 4.33. The van der Waals surface area contributed by atoms with Gasteiger partial charge in [-0.15, -0.1) is 12.3 Å². The highest BCUT2D eigenvalue weighted by molar-refractivity contribution is 5.18. The van der Waals surface area contributed by atoms with Crippen molar-refractivity contribution in [2.45, 2.75) is 25.4 Å². The van der Waals surface area contributed by atoms with Crippen LogP contribution in [0.15, 0.2) is 18.5 Å². The van der Waals surface area contributed by atoms with E-state index in [0.29, 0.717) is 18.4 Å². The number of halogens is 1. The maximum Gasteiger partial charge on any atom is 0.141 e. The van der Waals surface area contributed by atoms with Crippen molar-refractivity contribution < 1.29 is 9.50 Å². The fourth-order valence-electron chi connectivity index (χ4n) is 1.17. The van der Waals surface area contributed by atoms with Gasteiger partial charge in [-0.25, -0.2) is 4.39 Å². The van der Waals surface area contributed by atoms with Crippen LogP contribution in [0.2, 0.25) is 0 Å². The molecule has 0 aliphatic heterocycles. The summed E-state index contributed by atoms with van der Waals surface area (Å²) in [5, 5.41) is 9.94. The van der Waals surface area contributed by atoms with Gasteiger partial charge in [0.1, 0.15) is 5.82 Å². The van der Waals surface area contributed by atoms with Gasteiger partial charge in [-0.2, -0.15) is 0 Å². The van der Waals surface area contributed by atoms with Crippen molar-refractivity contribution in [1.29, 1.82) is 0 Å². The molecule has 2 nitrogen and oxygen atoms in total. The Kier molecular flexibility index (Phi) is 3.21. The molecule has 0 saturated heterocycles. The van der Waals surface area contributed by atoms with Crippen molar-refractivity contribution in [3.05, 3.63) is 29.8 Å². The number of terminal acetylenes is 1. The lowest BCUT2D eigenvalue weighted by Crippen LogP contribution is -2.21. The summed E-state index contributed by atoms with van der Waals surface area (Å²) in [5.74, 6) is 1.98. The zero-order chi connectivity index (χ0) is 10.6. The minimum Gasteiger partial charge on any atom is -0.385 e. The molecule has 1 unspecified atom stereocenters. The first-order chi connectivity index (χ1) is 6.56. The van der Waals surface area contributed by atoms with E-state index in [-0.39, 0.29) is 0 Å². The van der Waals surface area contributed by atoms with Crippen molar-refractivity contribution >= 4 is 0 Å². The van der Waals surface area contributed by atoms with Crippen molar-refractivity contribution in [3.63, 3.8) is 0 Å². The lowest BCUT2D eigenvalue weighted by Gasteiger charge is -2.22. The molecule has 0 aliphatic rings. The fourth-order valence-corrected chi connectivity index (χ4v) is 1.17. The predicted molar refractivity (Wildman–Crippen MR) is 51.8 cm³/mol.